The smallest absolute Gasteiger partial charge is 0.309 e. The summed E-state index contributed by atoms with van der Waals surface area (Å²) < 4.78 is 33.9. The third-order valence-corrected chi connectivity index (χ3v) is 7.12. The Morgan fingerprint density at radius 2 is 1.66 bits per heavy atom. The molecule has 0 aromatic heterocycles. The van der Waals surface area contributed by atoms with E-state index in [1.165, 1.54) is 6.07 Å². The third kappa shape index (κ3) is 5.48. The number of nitrogens with one attached hydrogen (secondary N) is 1. The summed E-state index contributed by atoms with van der Waals surface area (Å²) in [5.41, 5.74) is 3.26. The van der Waals surface area contributed by atoms with E-state index in [1.54, 1.807) is 43.0 Å². The van der Waals surface area contributed by atoms with Crippen molar-refractivity contribution < 1.29 is 22.7 Å². The average molecular weight is 459 g/mol. The number of carbonyl (C=O) groups is 2. The molecule has 1 heterocycles. The first-order valence-electron chi connectivity index (χ1n) is 10.8. The van der Waals surface area contributed by atoms with Crippen LogP contribution in [0.5, 0.6) is 0 Å². The minimum absolute atomic E-state index is 0.0731. The fraction of sp³-hybridized carbons (Fsp3) is 0.417. The number of sulfonamides is 1. The molecular formula is C24H30N2O5S. The van der Waals surface area contributed by atoms with Crippen LogP contribution in [0.2, 0.25) is 0 Å². The molecule has 1 fully saturated rings. The molecule has 172 valence electrons. The van der Waals surface area contributed by atoms with Gasteiger partial charge in [0.1, 0.15) is 0 Å². The Morgan fingerprint density at radius 3 is 2.25 bits per heavy atom. The number of rotatable bonds is 6. The Morgan fingerprint density at radius 1 is 1.03 bits per heavy atom. The fourth-order valence-corrected chi connectivity index (χ4v) is 5.34. The van der Waals surface area contributed by atoms with E-state index in [0.29, 0.717) is 49.4 Å². The number of hydrogen-bond donors (Lipinski definition) is 1. The lowest BCUT2D eigenvalue weighted by atomic mass is 9.96. The van der Waals surface area contributed by atoms with Crippen molar-refractivity contribution >= 4 is 27.6 Å². The Labute approximate surface area is 189 Å². The molecule has 2 aromatic rings. The molecule has 0 saturated carbocycles. The number of ether oxygens (including phenoxy) is 1. The molecule has 1 amide bonds. The van der Waals surface area contributed by atoms with Crippen molar-refractivity contribution in [1.82, 2.24) is 4.90 Å². The SMILES string of the molecule is CCOC(=O)C1CCN(C(=O)c2ccc(C)c(S(=O)(=O)Nc3cc(C)cc(C)c3)c2)CC1. The second-order valence-corrected chi connectivity index (χ2v) is 9.93. The van der Waals surface area contributed by atoms with Crippen LogP contribution in [0, 0.1) is 26.7 Å². The molecule has 3 rings (SSSR count). The highest BCUT2D eigenvalue weighted by molar-refractivity contribution is 7.92. The molecule has 0 atom stereocenters. The molecule has 1 aliphatic rings. The first-order chi connectivity index (χ1) is 15.1. The van der Waals surface area contributed by atoms with E-state index in [4.69, 9.17) is 4.74 Å². The lowest BCUT2D eigenvalue weighted by molar-refractivity contribution is -0.149. The number of carbonyl (C=O) groups excluding carboxylic acids is 2. The topological polar surface area (TPSA) is 92.8 Å². The Kier molecular flexibility index (Phi) is 7.23. The summed E-state index contributed by atoms with van der Waals surface area (Å²) in [6, 6.07) is 10.2. The molecular weight excluding hydrogens is 428 g/mol. The summed E-state index contributed by atoms with van der Waals surface area (Å²) >= 11 is 0. The summed E-state index contributed by atoms with van der Waals surface area (Å²) in [7, 11) is -3.87. The maximum Gasteiger partial charge on any atom is 0.309 e. The zero-order valence-corrected chi connectivity index (χ0v) is 19.8. The predicted octanol–water partition coefficient (Wildman–Crippen LogP) is 3.83. The number of nitrogens with zero attached hydrogens (tertiary/aromatic N) is 1. The maximum atomic E-state index is 13.1. The van der Waals surface area contributed by atoms with Crippen LogP contribution in [0.4, 0.5) is 5.69 Å². The maximum absolute atomic E-state index is 13.1. The zero-order valence-electron chi connectivity index (χ0n) is 19.0. The molecule has 0 spiro atoms. The van der Waals surface area contributed by atoms with Gasteiger partial charge in [-0.2, -0.15) is 0 Å². The first-order valence-corrected chi connectivity index (χ1v) is 12.3. The Hall–Kier alpha value is -2.87. The summed E-state index contributed by atoms with van der Waals surface area (Å²) in [4.78, 5) is 26.7. The molecule has 8 heteroatoms. The Balaban J connectivity index is 1.78. The van der Waals surface area contributed by atoms with Gasteiger partial charge in [-0.25, -0.2) is 8.42 Å². The van der Waals surface area contributed by atoms with Crippen molar-refractivity contribution in [3.8, 4) is 0 Å². The molecule has 32 heavy (non-hydrogen) atoms. The second-order valence-electron chi connectivity index (χ2n) is 8.28. The van der Waals surface area contributed by atoms with E-state index in [-0.39, 0.29) is 22.7 Å². The highest BCUT2D eigenvalue weighted by atomic mass is 32.2. The van der Waals surface area contributed by atoms with Crippen LogP contribution in [-0.4, -0.2) is 44.9 Å². The van der Waals surface area contributed by atoms with E-state index in [0.717, 1.165) is 11.1 Å². The minimum atomic E-state index is -3.87. The number of benzene rings is 2. The standard InChI is InChI=1S/C24H30N2O5S/c1-5-31-24(28)19-8-10-26(11-9-19)23(27)20-7-6-18(4)22(15-20)32(29,30)25-21-13-16(2)12-17(3)14-21/h6-7,12-15,19,25H,5,8-11H2,1-4H3. The molecule has 0 aliphatic carbocycles. The van der Waals surface area contributed by atoms with Gasteiger partial charge in [0, 0.05) is 24.3 Å². The van der Waals surface area contributed by atoms with Gasteiger partial charge in [-0.15, -0.1) is 0 Å². The lowest BCUT2D eigenvalue weighted by Gasteiger charge is -2.31. The van der Waals surface area contributed by atoms with Gasteiger partial charge < -0.3 is 9.64 Å². The number of likely N-dealkylation sites (tertiary alicyclic amines) is 1. The van der Waals surface area contributed by atoms with Crippen molar-refractivity contribution in [3.05, 3.63) is 58.7 Å². The molecule has 1 aliphatic heterocycles. The number of aryl methyl sites for hydroxylation is 3. The molecule has 0 radical (unpaired) electrons. The van der Waals surface area contributed by atoms with Crippen molar-refractivity contribution in [2.24, 2.45) is 5.92 Å². The average Bonchev–Trinajstić information content (AvgIpc) is 2.72. The summed E-state index contributed by atoms with van der Waals surface area (Å²) in [5, 5.41) is 0. The van der Waals surface area contributed by atoms with E-state index in [9.17, 15) is 18.0 Å². The Bertz CT molecular complexity index is 1100. The van der Waals surface area contributed by atoms with E-state index < -0.39 is 10.0 Å². The highest BCUT2D eigenvalue weighted by Crippen LogP contribution is 2.25. The van der Waals surface area contributed by atoms with Crippen LogP contribution in [0.15, 0.2) is 41.3 Å². The van der Waals surface area contributed by atoms with Crippen molar-refractivity contribution in [2.45, 2.75) is 45.4 Å². The summed E-state index contributed by atoms with van der Waals surface area (Å²) in [6.07, 6.45) is 1.08. The fourth-order valence-electron chi connectivity index (χ4n) is 4.03. The van der Waals surface area contributed by atoms with Crippen molar-refractivity contribution in [1.29, 1.82) is 0 Å². The summed E-state index contributed by atoms with van der Waals surface area (Å²) in [6.45, 7) is 8.48. The number of amides is 1. The van der Waals surface area contributed by atoms with Crippen LogP contribution in [0.3, 0.4) is 0 Å². The molecule has 1 N–H and O–H groups in total. The number of esters is 1. The number of piperidine rings is 1. The molecule has 7 nitrogen and oxygen atoms in total. The monoisotopic (exact) mass is 458 g/mol. The minimum Gasteiger partial charge on any atom is -0.466 e. The second kappa shape index (κ2) is 9.73. The highest BCUT2D eigenvalue weighted by Gasteiger charge is 2.29. The first kappa shape index (κ1) is 23.8. The van der Waals surface area contributed by atoms with Crippen LogP contribution in [0.1, 0.15) is 46.8 Å². The number of anilines is 1. The quantitative estimate of drug-likeness (QED) is 0.664. The van der Waals surface area contributed by atoms with Gasteiger partial charge in [-0.05, 0) is 81.5 Å². The van der Waals surface area contributed by atoms with Crippen LogP contribution < -0.4 is 4.72 Å². The lowest BCUT2D eigenvalue weighted by Crippen LogP contribution is -2.40. The molecule has 0 unspecified atom stereocenters. The van der Waals surface area contributed by atoms with E-state index >= 15 is 0 Å². The van der Waals surface area contributed by atoms with Crippen molar-refractivity contribution in [3.63, 3.8) is 0 Å². The van der Waals surface area contributed by atoms with Crippen LogP contribution in [0.25, 0.3) is 0 Å². The van der Waals surface area contributed by atoms with Gasteiger partial charge >= 0.3 is 5.97 Å². The zero-order chi connectivity index (χ0) is 23.5. The number of hydrogen-bond acceptors (Lipinski definition) is 5. The third-order valence-electron chi connectivity index (χ3n) is 5.60. The van der Waals surface area contributed by atoms with Crippen LogP contribution >= 0.6 is 0 Å². The normalized spacial score (nSPS) is 14.8. The van der Waals surface area contributed by atoms with Gasteiger partial charge in [0.25, 0.3) is 15.9 Å². The van der Waals surface area contributed by atoms with Crippen molar-refractivity contribution in [2.75, 3.05) is 24.4 Å². The largest absolute Gasteiger partial charge is 0.466 e. The van der Waals surface area contributed by atoms with Gasteiger partial charge in [-0.3, -0.25) is 14.3 Å². The van der Waals surface area contributed by atoms with Gasteiger partial charge in [0.05, 0.1) is 17.4 Å². The van der Waals surface area contributed by atoms with E-state index in [2.05, 4.69) is 4.72 Å². The van der Waals surface area contributed by atoms with Gasteiger partial charge in [0.2, 0.25) is 0 Å². The predicted molar refractivity (Wildman–Crippen MR) is 123 cm³/mol. The van der Waals surface area contributed by atoms with Gasteiger partial charge in [-0.1, -0.05) is 12.1 Å². The molecule has 2 aromatic carbocycles. The summed E-state index contributed by atoms with van der Waals surface area (Å²) in [5.74, 6) is -0.661. The molecule has 0 bridgehead atoms. The van der Waals surface area contributed by atoms with E-state index in [1.807, 2.05) is 19.9 Å². The van der Waals surface area contributed by atoms with Crippen LogP contribution in [-0.2, 0) is 19.6 Å². The van der Waals surface area contributed by atoms with Gasteiger partial charge in [0.15, 0.2) is 0 Å². The molecule has 1 saturated heterocycles.